The van der Waals surface area contributed by atoms with Gasteiger partial charge in [0.05, 0.1) is 0 Å². The van der Waals surface area contributed by atoms with Gasteiger partial charge in [0.1, 0.15) is 6.04 Å². The Balaban J connectivity index is 2.19. The van der Waals surface area contributed by atoms with Crippen molar-refractivity contribution in [3.8, 4) is 11.4 Å². The number of carbonyl (C=O) groups is 1. The minimum Gasteiger partial charge on any atom is -0.345 e. The monoisotopic (exact) mass is 231 g/mol. The van der Waals surface area contributed by atoms with Crippen molar-refractivity contribution in [3.05, 3.63) is 36.2 Å². The van der Waals surface area contributed by atoms with Crippen molar-refractivity contribution in [3.63, 3.8) is 0 Å². The molecule has 0 saturated carbocycles. The van der Waals surface area contributed by atoms with E-state index in [2.05, 4.69) is 15.5 Å². The van der Waals surface area contributed by atoms with Crippen LogP contribution < -0.4 is 5.32 Å². The average molecular weight is 231 g/mol. The molecule has 0 spiro atoms. The van der Waals surface area contributed by atoms with Crippen molar-refractivity contribution >= 4 is 5.91 Å². The van der Waals surface area contributed by atoms with Crippen LogP contribution in [0.3, 0.4) is 0 Å². The van der Waals surface area contributed by atoms with Gasteiger partial charge in [-0.1, -0.05) is 35.5 Å². The van der Waals surface area contributed by atoms with Gasteiger partial charge in [0.25, 0.3) is 0 Å². The van der Waals surface area contributed by atoms with Crippen LogP contribution in [0.25, 0.3) is 11.4 Å². The summed E-state index contributed by atoms with van der Waals surface area (Å²) in [4.78, 5) is 15.1. The summed E-state index contributed by atoms with van der Waals surface area (Å²) < 4.78 is 5.11. The number of hydrogen-bond donors (Lipinski definition) is 1. The molecule has 2 rings (SSSR count). The predicted octanol–water partition coefficient (Wildman–Crippen LogP) is 1.93. The fourth-order valence-electron chi connectivity index (χ4n) is 1.48. The van der Waals surface area contributed by atoms with Crippen molar-refractivity contribution in [1.29, 1.82) is 0 Å². The third-order valence-corrected chi connectivity index (χ3v) is 2.26. The molecule has 1 atom stereocenters. The zero-order valence-corrected chi connectivity index (χ0v) is 9.68. The third kappa shape index (κ3) is 2.69. The molecule has 0 aliphatic rings. The number of hydrogen-bond acceptors (Lipinski definition) is 4. The maximum absolute atomic E-state index is 10.9. The van der Waals surface area contributed by atoms with E-state index in [1.807, 2.05) is 30.3 Å². The van der Waals surface area contributed by atoms with Crippen molar-refractivity contribution in [2.24, 2.45) is 0 Å². The van der Waals surface area contributed by atoms with Gasteiger partial charge < -0.3 is 9.84 Å². The zero-order valence-electron chi connectivity index (χ0n) is 9.68. The van der Waals surface area contributed by atoms with Crippen LogP contribution in [0, 0.1) is 0 Å². The maximum atomic E-state index is 10.9. The van der Waals surface area contributed by atoms with Gasteiger partial charge in [-0.3, -0.25) is 4.79 Å². The molecule has 5 nitrogen and oxygen atoms in total. The maximum Gasteiger partial charge on any atom is 0.249 e. The van der Waals surface area contributed by atoms with E-state index in [-0.39, 0.29) is 11.9 Å². The molecule has 0 aliphatic carbocycles. The lowest BCUT2D eigenvalue weighted by Gasteiger charge is -2.05. The van der Waals surface area contributed by atoms with E-state index >= 15 is 0 Å². The zero-order chi connectivity index (χ0) is 12.3. The summed E-state index contributed by atoms with van der Waals surface area (Å²) in [6.07, 6.45) is 0. The summed E-state index contributed by atoms with van der Waals surface area (Å²) in [6.45, 7) is 3.24. The van der Waals surface area contributed by atoms with Crippen LogP contribution in [0.4, 0.5) is 0 Å². The summed E-state index contributed by atoms with van der Waals surface area (Å²) in [5, 5.41) is 6.57. The van der Waals surface area contributed by atoms with Gasteiger partial charge in [0.2, 0.25) is 17.6 Å². The van der Waals surface area contributed by atoms with Crippen LogP contribution in [-0.2, 0) is 4.79 Å². The summed E-state index contributed by atoms with van der Waals surface area (Å²) >= 11 is 0. The molecule has 1 aromatic heterocycles. The van der Waals surface area contributed by atoms with Gasteiger partial charge in [-0.15, -0.1) is 0 Å². The first kappa shape index (κ1) is 11.3. The lowest BCUT2D eigenvalue weighted by Crippen LogP contribution is -2.23. The molecule has 0 bridgehead atoms. The standard InChI is InChI=1S/C12H13N3O2/c1-8(13-9(2)16)12-14-11(15-17-12)10-6-4-3-5-7-10/h3-8H,1-2H3,(H,13,16). The molecule has 1 N–H and O–H groups in total. The molecule has 88 valence electrons. The quantitative estimate of drug-likeness (QED) is 0.876. The summed E-state index contributed by atoms with van der Waals surface area (Å²) in [6, 6.07) is 9.25. The Kier molecular flexibility index (Phi) is 3.18. The molecule has 2 aromatic rings. The predicted molar refractivity (Wildman–Crippen MR) is 62.0 cm³/mol. The lowest BCUT2D eigenvalue weighted by molar-refractivity contribution is -0.119. The van der Waals surface area contributed by atoms with E-state index in [4.69, 9.17) is 4.52 Å². The number of aromatic nitrogens is 2. The second-order valence-electron chi connectivity index (χ2n) is 3.74. The highest BCUT2D eigenvalue weighted by Gasteiger charge is 2.15. The van der Waals surface area contributed by atoms with Crippen LogP contribution in [-0.4, -0.2) is 16.0 Å². The summed E-state index contributed by atoms with van der Waals surface area (Å²) in [5.74, 6) is 0.800. The number of rotatable bonds is 3. The SMILES string of the molecule is CC(=O)NC(C)c1nc(-c2ccccc2)no1. The van der Waals surface area contributed by atoms with Crippen molar-refractivity contribution in [2.45, 2.75) is 19.9 Å². The highest BCUT2D eigenvalue weighted by Crippen LogP contribution is 2.17. The molecule has 0 aliphatic heterocycles. The van der Waals surface area contributed by atoms with Gasteiger partial charge in [-0.25, -0.2) is 0 Å². The molecular weight excluding hydrogens is 218 g/mol. The van der Waals surface area contributed by atoms with Gasteiger partial charge in [-0.05, 0) is 6.92 Å². The fraction of sp³-hybridized carbons (Fsp3) is 0.250. The number of carbonyl (C=O) groups excluding carboxylic acids is 1. The minimum atomic E-state index is -0.280. The molecule has 1 amide bonds. The molecule has 5 heteroatoms. The Bertz CT molecular complexity index is 507. The van der Waals surface area contributed by atoms with Gasteiger partial charge in [0.15, 0.2) is 0 Å². The highest BCUT2D eigenvalue weighted by molar-refractivity contribution is 5.73. The second-order valence-corrected chi connectivity index (χ2v) is 3.74. The van der Waals surface area contributed by atoms with Gasteiger partial charge >= 0.3 is 0 Å². The topological polar surface area (TPSA) is 68.0 Å². The van der Waals surface area contributed by atoms with Gasteiger partial charge in [0, 0.05) is 12.5 Å². The first-order valence-corrected chi connectivity index (χ1v) is 5.33. The number of nitrogens with one attached hydrogen (secondary N) is 1. The first-order valence-electron chi connectivity index (χ1n) is 5.33. The molecule has 0 radical (unpaired) electrons. The average Bonchev–Trinajstić information content (AvgIpc) is 2.78. The van der Waals surface area contributed by atoms with Crippen LogP contribution >= 0.6 is 0 Å². The second kappa shape index (κ2) is 4.78. The summed E-state index contributed by atoms with van der Waals surface area (Å²) in [5.41, 5.74) is 0.887. The number of nitrogens with zero attached hydrogens (tertiary/aromatic N) is 2. The van der Waals surface area contributed by atoms with E-state index in [1.165, 1.54) is 6.92 Å². The smallest absolute Gasteiger partial charge is 0.249 e. The molecule has 1 heterocycles. The molecule has 0 saturated heterocycles. The molecule has 1 unspecified atom stereocenters. The van der Waals surface area contributed by atoms with E-state index in [0.717, 1.165) is 5.56 Å². The van der Waals surface area contributed by atoms with Crippen LogP contribution in [0.15, 0.2) is 34.9 Å². The Morgan fingerprint density at radius 3 is 2.71 bits per heavy atom. The Labute approximate surface area is 98.8 Å². The normalized spacial score (nSPS) is 12.1. The molecule has 0 fully saturated rings. The Morgan fingerprint density at radius 1 is 1.35 bits per heavy atom. The van der Waals surface area contributed by atoms with E-state index in [1.54, 1.807) is 6.92 Å². The van der Waals surface area contributed by atoms with E-state index in [0.29, 0.717) is 11.7 Å². The van der Waals surface area contributed by atoms with Crippen LogP contribution in [0.1, 0.15) is 25.8 Å². The number of benzene rings is 1. The van der Waals surface area contributed by atoms with Gasteiger partial charge in [-0.2, -0.15) is 4.98 Å². The fourth-order valence-corrected chi connectivity index (χ4v) is 1.48. The third-order valence-electron chi connectivity index (χ3n) is 2.26. The Morgan fingerprint density at radius 2 is 2.06 bits per heavy atom. The van der Waals surface area contributed by atoms with Crippen molar-refractivity contribution < 1.29 is 9.32 Å². The highest BCUT2D eigenvalue weighted by atomic mass is 16.5. The molecule has 1 aromatic carbocycles. The van der Waals surface area contributed by atoms with E-state index < -0.39 is 0 Å². The largest absolute Gasteiger partial charge is 0.345 e. The lowest BCUT2D eigenvalue weighted by atomic mass is 10.2. The number of amides is 1. The van der Waals surface area contributed by atoms with Crippen molar-refractivity contribution in [2.75, 3.05) is 0 Å². The van der Waals surface area contributed by atoms with E-state index in [9.17, 15) is 4.79 Å². The van der Waals surface area contributed by atoms with Crippen LogP contribution in [0.2, 0.25) is 0 Å². The first-order chi connectivity index (χ1) is 8.16. The Hall–Kier alpha value is -2.17. The van der Waals surface area contributed by atoms with Crippen molar-refractivity contribution in [1.82, 2.24) is 15.5 Å². The molecule has 17 heavy (non-hydrogen) atoms. The minimum absolute atomic E-state index is 0.128. The molecular formula is C12H13N3O2. The van der Waals surface area contributed by atoms with Crippen LogP contribution in [0.5, 0.6) is 0 Å². The summed E-state index contributed by atoms with van der Waals surface area (Å²) in [7, 11) is 0.